The molecule has 23 heavy (non-hydrogen) atoms. The SMILES string of the molecule is C[C@]12CCCC(=O)[C@H]1[C@H](c1ccccc1)[NH2+][C@@H]2c1ccccc1. The number of fused-ring (bicyclic) bond motifs is 1. The van der Waals surface area contributed by atoms with Crippen molar-refractivity contribution in [3.63, 3.8) is 0 Å². The van der Waals surface area contributed by atoms with Crippen molar-refractivity contribution in [2.75, 3.05) is 0 Å². The van der Waals surface area contributed by atoms with Gasteiger partial charge in [0.15, 0.2) is 0 Å². The lowest BCUT2D eigenvalue weighted by Gasteiger charge is -2.36. The molecule has 4 rings (SSSR count). The van der Waals surface area contributed by atoms with Gasteiger partial charge >= 0.3 is 0 Å². The van der Waals surface area contributed by atoms with Crippen LogP contribution in [0.15, 0.2) is 60.7 Å². The molecule has 0 aromatic heterocycles. The zero-order valence-corrected chi connectivity index (χ0v) is 13.6. The molecule has 4 atom stereocenters. The molecular weight excluding hydrogens is 282 g/mol. The van der Waals surface area contributed by atoms with Crippen LogP contribution in [0, 0.1) is 11.3 Å². The lowest BCUT2D eigenvalue weighted by Crippen LogP contribution is -2.84. The molecule has 2 aromatic rings. The Morgan fingerprint density at radius 3 is 2.22 bits per heavy atom. The van der Waals surface area contributed by atoms with Crippen molar-refractivity contribution in [1.29, 1.82) is 0 Å². The van der Waals surface area contributed by atoms with E-state index in [9.17, 15) is 4.79 Å². The maximum Gasteiger partial charge on any atom is 0.143 e. The van der Waals surface area contributed by atoms with E-state index in [0.29, 0.717) is 11.8 Å². The first kappa shape index (κ1) is 14.6. The summed E-state index contributed by atoms with van der Waals surface area (Å²) in [5.41, 5.74) is 2.70. The summed E-state index contributed by atoms with van der Waals surface area (Å²) in [6.07, 6.45) is 2.92. The second-order valence-corrected chi connectivity index (χ2v) is 7.32. The van der Waals surface area contributed by atoms with Gasteiger partial charge in [0.2, 0.25) is 0 Å². The van der Waals surface area contributed by atoms with E-state index in [1.807, 2.05) is 0 Å². The highest BCUT2D eigenvalue weighted by Gasteiger charge is 2.60. The number of ketones is 1. The van der Waals surface area contributed by atoms with Crippen molar-refractivity contribution >= 4 is 5.78 Å². The van der Waals surface area contributed by atoms with E-state index in [0.717, 1.165) is 19.3 Å². The monoisotopic (exact) mass is 306 g/mol. The molecule has 2 N–H and O–H groups in total. The van der Waals surface area contributed by atoms with Gasteiger partial charge in [0.1, 0.15) is 17.9 Å². The van der Waals surface area contributed by atoms with Gasteiger partial charge in [-0.15, -0.1) is 0 Å². The highest BCUT2D eigenvalue weighted by molar-refractivity contribution is 5.83. The molecule has 118 valence electrons. The maximum atomic E-state index is 12.8. The van der Waals surface area contributed by atoms with Gasteiger partial charge in [-0.05, 0) is 12.8 Å². The first-order chi connectivity index (χ1) is 11.2. The summed E-state index contributed by atoms with van der Waals surface area (Å²) >= 11 is 0. The van der Waals surface area contributed by atoms with Gasteiger partial charge in [0, 0.05) is 23.0 Å². The van der Waals surface area contributed by atoms with E-state index in [4.69, 9.17) is 0 Å². The average molecular weight is 306 g/mol. The summed E-state index contributed by atoms with van der Waals surface area (Å²) in [6.45, 7) is 2.34. The van der Waals surface area contributed by atoms with Crippen molar-refractivity contribution in [2.24, 2.45) is 11.3 Å². The van der Waals surface area contributed by atoms with Crippen molar-refractivity contribution in [2.45, 2.75) is 38.3 Å². The van der Waals surface area contributed by atoms with Crippen LogP contribution in [0.3, 0.4) is 0 Å². The van der Waals surface area contributed by atoms with E-state index >= 15 is 0 Å². The normalized spacial score (nSPS) is 33.4. The smallest absolute Gasteiger partial charge is 0.143 e. The fraction of sp³-hybridized carbons (Fsp3) is 0.381. The predicted octanol–water partition coefficient (Wildman–Crippen LogP) is 3.42. The molecule has 0 amide bonds. The van der Waals surface area contributed by atoms with Crippen LogP contribution in [0.25, 0.3) is 0 Å². The third kappa shape index (κ3) is 2.33. The molecule has 0 unspecified atom stereocenters. The van der Waals surface area contributed by atoms with Crippen LogP contribution in [0.1, 0.15) is 49.4 Å². The fourth-order valence-electron chi connectivity index (χ4n) is 4.95. The molecule has 2 heteroatoms. The fourth-order valence-corrected chi connectivity index (χ4v) is 4.95. The van der Waals surface area contributed by atoms with Gasteiger partial charge in [-0.1, -0.05) is 67.6 Å². The van der Waals surface area contributed by atoms with Gasteiger partial charge in [-0.2, -0.15) is 0 Å². The molecule has 1 aliphatic heterocycles. The number of quaternary nitrogens is 1. The molecule has 0 spiro atoms. The number of rotatable bonds is 2. The molecule has 1 saturated heterocycles. The number of Topliss-reactive ketones (excluding diaryl/α,β-unsaturated/α-hetero) is 1. The van der Waals surface area contributed by atoms with Crippen molar-refractivity contribution in [3.05, 3.63) is 71.8 Å². The Kier molecular flexibility index (Phi) is 3.57. The standard InChI is InChI=1S/C21H23NO/c1-21-14-8-13-17(23)18(21)19(15-9-4-2-5-10-15)22-20(21)16-11-6-3-7-12-16/h2-7,9-12,18-20,22H,8,13-14H2,1H3/p+1/t18-,19-,20+,21-/m0/s1. The number of carbonyl (C=O) groups is 1. The van der Waals surface area contributed by atoms with Crippen LogP contribution >= 0.6 is 0 Å². The quantitative estimate of drug-likeness (QED) is 0.906. The summed E-state index contributed by atoms with van der Waals surface area (Å²) in [4.78, 5) is 12.8. The van der Waals surface area contributed by atoms with E-state index in [2.05, 4.69) is 72.9 Å². The Morgan fingerprint density at radius 2 is 1.57 bits per heavy atom. The van der Waals surface area contributed by atoms with Crippen molar-refractivity contribution in [1.82, 2.24) is 0 Å². The lowest BCUT2D eigenvalue weighted by atomic mass is 9.62. The third-order valence-corrected chi connectivity index (χ3v) is 6.01. The molecule has 1 heterocycles. The largest absolute Gasteiger partial charge is 0.333 e. The minimum Gasteiger partial charge on any atom is -0.333 e. The first-order valence-corrected chi connectivity index (χ1v) is 8.68. The first-order valence-electron chi connectivity index (χ1n) is 8.68. The van der Waals surface area contributed by atoms with E-state index < -0.39 is 0 Å². The van der Waals surface area contributed by atoms with Crippen LogP contribution in [-0.2, 0) is 4.79 Å². The van der Waals surface area contributed by atoms with Crippen LogP contribution < -0.4 is 5.32 Å². The Labute approximate surface area is 137 Å². The molecule has 1 aliphatic carbocycles. The molecule has 0 radical (unpaired) electrons. The molecule has 0 bridgehead atoms. The van der Waals surface area contributed by atoms with E-state index in [1.54, 1.807) is 0 Å². The highest BCUT2D eigenvalue weighted by atomic mass is 16.1. The van der Waals surface area contributed by atoms with Crippen molar-refractivity contribution < 1.29 is 10.1 Å². The average Bonchev–Trinajstić information content (AvgIpc) is 2.91. The molecular formula is C21H24NO+. The van der Waals surface area contributed by atoms with Gasteiger partial charge < -0.3 is 5.32 Å². The Hall–Kier alpha value is -1.93. The summed E-state index contributed by atoms with van der Waals surface area (Å²) in [6, 6.07) is 21.9. The van der Waals surface area contributed by atoms with Gasteiger partial charge in [-0.25, -0.2) is 0 Å². The number of hydrogen-bond acceptors (Lipinski definition) is 1. The number of nitrogens with two attached hydrogens (primary N) is 1. The minimum atomic E-state index is 0.0528. The molecule has 2 nitrogen and oxygen atoms in total. The second-order valence-electron chi connectivity index (χ2n) is 7.32. The summed E-state index contributed by atoms with van der Waals surface area (Å²) in [5.74, 6) is 0.589. The molecule has 2 aromatic carbocycles. The van der Waals surface area contributed by atoms with Gasteiger partial charge in [0.05, 0.1) is 5.92 Å². The summed E-state index contributed by atoms with van der Waals surface area (Å²) < 4.78 is 0. The van der Waals surface area contributed by atoms with Gasteiger partial charge in [0.25, 0.3) is 0 Å². The minimum absolute atomic E-state index is 0.0528. The Balaban J connectivity index is 1.79. The topological polar surface area (TPSA) is 33.7 Å². The van der Waals surface area contributed by atoms with Gasteiger partial charge in [-0.3, -0.25) is 4.79 Å². The van der Waals surface area contributed by atoms with Crippen molar-refractivity contribution in [3.8, 4) is 0 Å². The van der Waals surface area contributed by atoms with E-state index in [-0.39, 0.29) is 17.4 Å². The second kappa shape index (κ2) is 5.61. The maximum absolute atomic E-state index is 12.8. The predicted molar refractivity (Wildman–Crippen MR) is 90.7 cm³/mol. The molecule has 1 saturated carbocycles. The summed E-state index contributed by atoms with van der Waals surface area (Å²) in [5, 5.41) is 2.46. The number of carbonyl (C=O) groups excluding carboxylic acids is 1. The summed E-state index contributed by atoms with van der Waals surface area (Å²) in [7, 11) is 0. The van der Waals surface area contributed by atoms with E-state index in [1.165, 1.54) is 11.1 Å². The zero-order chi connectivity index (χ0) is 15.9. The third-order valence-electron chi connectivity index (χ3n) is 6.01. The van der Waals surface area contributed by atoms with Crippen LogP contribution in [0.4, 0.5) is 0 Å². The Bertz CT molecular complexity index is 696. The number of benzene rings is 2. The lowest BCUT2D eigenvalue weighted by molar-refractivity contribution is -0.720. The highest BCUT2D eigenvalue weighted by Crippen LogP contribution is 2.54. The van der Waals surface area contributed by atoms with Crippen LogP contribution in [0.5, 0.6) is 0 Å². The number of hydrogen-bond donors (Lipinski definition) is 1. The van der Waals surface area contributed by atoms with Crippen LogP contribution in [-0.4, -0.2) is 5.78 Å². The molecule has 2 aliphatic rings. The zero-order valence-electron chi connectivity index (χ0n) is 13.6. The van der Waals surface area contributed by atoms with Crippen LogP contribution in [0.2, 0.25) is 0 Å². The Morgan fingerprint density at radius 1 is 0.957 bits per heavy atom. The molecule has 2 fully saturated rings.